The highest BCUT2D eigenvalue weighted by molar-refractivity contribution is 8.00. The van der Waals surface area contributed by atoms with E-state index in [4.69, 9.17) is 21.1 Å². The number of alkyl halides is 3. The van der Waals surface area contributed by atoms with Gasteiger partial charge in [-0.05, 0) is 30.3 Å². The molecule has 0 spiro atoms. The van der Waals surface area contributed by atoms with Gasteiger partial charge < -0.3 is 14.8 Å². The van der Waals surface area contributed by atoms with Crippen LogP contribution in [0.15, 0.2) is 41.6 Å². The molecule has 146 valence electrons. The van der Waals surface area contributed by atoms with Gasteiger partial charge in [0.2, 0.25) is 5.91 Å². The predicted molar refractivity (Wildman–Crippen MR) is 97.4 cm³/mol. The number of halogens is 4. The zero-order valence-electron chi connectivity index (χ0n) is 14.2. The number of thioether (sulfide) groups is 1. The Morgan fingerprint density at radius 1 is 1.30 bits per heavy atom. The van der Waals surface area contributed by atoms with Crippen LogP contribution in [0.4, 0.5) is 18.9 Å². The van der Waals surface area contributed by atoms with E-state index in [-0.39, 0.29) is 30.4 Å². The van der Waals surface area contributed by atoms with Gasteiger partial charge in [0.15, 0.2) is 0 Å². The molecule has 1 heterocycles. The zero-order chi connectivity index (χ0) is 19.9. The molecule has 2 rings (SSSR count). The highest BCUT2D eigenvalue weighted by Gasteiger charge is 2.31. The highest BCUT2D eigenvalue weighted by atomic mass is 35.5. The van der Waals surface area contributed by atoms with Crippen molar-refractivity contribution in [2.75, 3.05) is 31.4 Å². The lowest BCUT2D eigenvalue weighted by Crippen LogP contribution is -2.17. The molecule has 0 fully saturated rings. The Labute approximate surface area is 163 Å². The van der Waals surface area contributed by atoms with Crippen molar-refractivity contribution in [1.29, 1.82) is 0 Å². The Balaban J connectivity index is 2.11. The Bertz CT molecular complexity index is 790. The van der Waals surface area contributed by atoms with Crippen molar-refractivity contribution >= 4 is 35.0 Å². The average Bonchev–Trinajstić information content (AvgIpc) is 2.61. The Kier molecular flexibility index (Phi) is 7.76. The van der Waals surface area contributed by atoms with Crippen LogP contribution in [0.1, 0.15) is 5.56 Å². The third-order valence-electron chi connectivity index (χ3n) is 3.19. The first-order valence-corrected chi connectivity index (χ1v) is 9.03. The number of nitrogens with zero attached hydrogens (tertiary/aromatic N) is 1. The summed E-state index contributed by atoms with van der Waals surface area (Å²) in [5, 5.41) is 3.28. The van der Waals surface area contributed by atoms with Crippen LogP contribution in [-0.4, -0.2) is 37.0 Å². The molecule has 10 heteroatoms. The molecule has 0 bridgehead atoms. The molecule has 0 aliphatic rings. The van der Waals surface area contributed by atoms with Gasteiger partial charge in [0.1, 0.15) is 17.4 Å². The number of ether oxygens (including phenoxy) is 2. The molecule has 0 aliphatic carbocycles. The fourth-order valence-corrected chi connectivity index (χ4v) is 2.93. The van der Waals surface area contributed by atoms with E-state index in [0.29, 0.717) is 10.0 Å². The smallest absolute Gasteiger partial charge is 0.416 e. The second-order valence-electron chi connectivity index (χ2n) is 5.18. The van der Waals surface area contributed by atoms with Crippen molar-refractivity contribution in [3.63, 3.8) is 0 Å². The first-order valence-electron chi connectivity index (χ1n) is 7.67. The minimum Gasteiger partial charge on any atom is -0.489 e. The van der Waals surface area contributed by atoms with Crippen molar-refractivity contribution in [2.24, 2.45) is 0 Å². The molecular weight excluding hydrogens is 405 g/mol. The number of amides is 1. The maximum Gasteiger partial charge on any atom is 0.416 e. The molecule has 2 aromatic rings. The molecule has 0 unspecified atom stereocenters. The summed E-state index contributed by atoms with van der Waals surface area (Å²) in [4.78, 5) is 16.2. The number of benzene rings is 1. The van der Waals surface area contributed by atoms with Crippen LogP contribution in [0.5, 0.6) is 5.75 Å². The maximum absolute atomic E-state index is 13.0. The van der Waals surface area contributed by atoms with Crippen LogP contribution in [0.3, 0.4) is 0 Å². The number of rotatable bonds is 8. The molecule has 1 aromatic heterocycles. The fourth-order valence-electron chi connectivity index (χ4n) is 1.96. The topological polar surface area (TPSA) is 60.5 Å². The van der Waals surface area contributed by atoms with Gasteiger partial charge in [0, 0.05) is 13.3 Å². The SMILES string of the molecule is COCCOc1ccc(C(F)(F)F)cc1NC(=O)CSc1ncccc1Cl. The van der Waals surface area contributed by atoms with Crippen molar-refractivity contribution in [1.82, 2.24) is 4.98 Å². The second-order valence-corrected chi connectivity index (χ2v) is 6.55. The van der Waals surface area contributed by atoms with Gasteiger partial charge >= 0.3 is 6.18 Å². The first kappa shape index (κ1) is 21.3. The summed E-state index contributed by atoms with van der Waals surface area (Å²) >= 11 is 7.04. The largest absolute Gasteiger partial charge is 0.489 e. The number of carbonyl (C=O) groups excluding carboxylic acids is 1. The predicted octanol–water partition coefficient (Wildman–Crippen LogP) is 4.51. The molecule has 1 aromatic carbocycles. The summed E-state index contributed by atoms with van der Waals surface area (Å²) in [7, 11) is 1.47. The van der Waals surface area contributed by atoms with Crippen LogP contribution in [-0.2, 0) is 15.7 Å². The fraction of sp³-hybridized carbons (Fsp3) is 0.294. The lowest BCUT2D eigenvalue weighted by molar-refractivity contribution is -0.137. The molecule has 0 atom stereocenters. The summed E-state index contributed by atoms with van der Waals surface area (Å²) < 4.78 is 49.1. The third kappa shape index (κ3) is 6.60. The van der Waals surface area contributed by atoms with Gasteiger partial charge in [0.25, 0.3) is 0 Å². The number of hydrogen-bond donors (Lipinski definition) is 1. The first-order chi connectivity index (χ1) is 12.8. The van der Waals surface area contributed by atoms with Gasteiger partial charge in [-0.15, -0.1) is 0 Å². The van der Waals surface area contributed by atoms with Gasteiger partial charge in [-0.3, -0.25) is 4.79 Å². The summed E-state index contributed by atoms with van der Waals surface area (Å²) in [5.41, 5.74) is -0.962. The van der Waals surface area contributed by atoms with Crippen molar-refractivity contribution in [2.45, 2.75) is 11.2 Å². The number of hydrogen-bond acceptors (Lipinski definition) is 5. The Morgan fingerprint density at radius 3 is 2.74 bits per heavy atom. The van der Waals surface area contributed by atoms with Gasteiger partial charge in [-0.25, -0.2) is 4.98 Å². The van der Waals surface area contributed by atoms with Crippen LogP contribution in [0, 0.1) is 0 Å². The van der Waals surface area contributed by atoms with Gasteiger partial charge in [-0.2, -0.15) is 13.2 Å². The van der Waals surface area contributed by atoms with Crippen molar-refractivity contribution < 1.29 is 27.4 Å². The van der Waals surface area contributed by atoms with E-state index in [2.05, 4.69) is 10.3 Å². The molecule has 1 amide bonds. The average molecular weight is 421 g/mol. The molecule has 0 saturated heterocycles. The van der Waals surface area contributed by atoms with E-state index in [0.717, 1.165) is 30.0 Å². The molecule has 1 N–H and O–H groups in total. The van der Waals surface area contributed by atoms with E-state index in [1.807, 2.05) is 0 Å². The van der Waals surface area contributed by atoms with Crippen LogP contribution < -0.4 is 10.1 Å². The van der Waals surface area contributed by atoms with Crippen LogP contribution in [0.25, 0.3) is 0 Å². The molecule has 0 radical (unpaired) electrons. The van der Waals surface area contributed by atoms with E-state index < -0.39 is 17.6 Å². The lowest BCUT2D eigenvalue weighted by atomic mass is 10.1. The summed E-state index contributed by atoms with van der Waals surface area (Å²) in [5.74, 6) is -0.475. The zero-order valence-corrected chi connectivity index (χ0v) is 15.7. The molecule has 5 nitrogen and oxygen atoms in total. The van der Waals surface area contributed by atoms with Gasteiger partial charge in [-0.1, -0.05) is 23.4 Å². The summed E-state index contributed by atoms with van der Waals surface area (Å²) in [6, 6.07) is 6.16. The van der Waals surface area contributed by atoms with Crippen molar-refractivity contribution in [3.05, 3.63) is 47.1 Å². The normalized spacial score (nSPS) is 11.3. The second kappa shape index (κ2) is 9.82. The molecule has 0 saturated carbocycles. The lowest BCUT2D eigenvalue weighted by Gasteiger charge is -2.15. The summed E-state index contributed by atoms with van der Waals surface area (Å²) in [6.45, 7) is 0.380. The number of pyridine rings is 1. The van der Waals surface area contributed by atoms with Crippen molar-refractivity contribution in [3.8, 4) is 5.75 Å². The maximum atomic E-state index is 13.0. The summed E-state index contributed by atoms with van der Waals surface area (Å²) in [6.07, 6.45) is -3.01. The minimum atomic E-state index is -4.54. The van der Waals surface area contributed by atoms with E-state index in [1.54, 1.807) is 12.1 Å². The number of aromatic nitrogens is 1. The van der Waals surface area contributed by atoms with Gasteiger partial charge in [0.05, 0.1) is 28.6 Å². The Morgan fingerprint density at radius 2 is 2.07 bits per heavy atom. The van der Waals surface area contributed by atoms with Crippen LogP contribution >= 0.6 is 23.4 Å². The van der Waals surface area contributed by atoms with E-state index >= 15 is 0 Å². The monoisotopic (exact) mass is 420 g/mol. The molecular formula is C17H16ClF3N2O3S. The molecule has 0 aliphatic heterocycles. The van der Waals surface area contributed by atoms with E-state index in [9.17, 15) is 18.0 Å². The van der Waals surface area contributed by atoms with Crippen LogP contribution in [0.2, 0.25) is 5.02 Å². The highest BCUT2D eigenvalue weighted by Crippen LogP contribution is 2.35. The number of methoxy groups -OCH3 is 1. The number of carbonyl (C=O) groups is 1. The quantitative estimate of drug-likeness (QED) is 0.503. The number of anilines is 1. The number of nitrogens with one attached hydrogen (secondary N) is 1. The third-order valence-corrected chi connectivity index (χ3v) is 4.61. The molecule has 27 heavy (non-hydrogen) atoms. The standard InChI is InChI=1S/C17H16ClF3N2O3S/c1-25-7-8-26-14-5-4-11(17(19,20)21)9-13(14)23-15(24)10-27-16-12(18)3-2-6-22-16/h2-6,9H,7-8,10H2,1H3,(H,23,24). The van der Waals surface area contributed by atoms with E-state index in [1.165, 1.54) is 13.3 Å². The Hall–Kier alpha value is -1.97. The minimum absolute atomic E-state index is 0.0707.